The first-order valence-electron chi connectivity index (χ1n) is 5.27. The van der Waals surface area contributed by atoms with Crippen LogP contribution < -0.4 is 0 Å². The molecule has 0 radical (unpaired) electrons. The molecule has 4 nitrogen and oxygen atoms in total. The van der Waals surface area contributed by atoms with Crippen LogP contribution in [0.5, 0.6) is 0 Å². The van der Waals surface area contributed by atoms with Crippen molar-refractivity contribution in [2.75, 3.05) is 0 Å². The molecule has 0 unspecified atom stereocenters. The van der Waals surface area contributed by atoms with Crippen LogP contribution in [0.2, 0.25) is 0 Å². The highest BCUT2D eigenvalue weighted by molar-refractivity contribution is 5.65. The van der Waals surface area contributed by atoms with Crippen LogP contribution in [0.25, 0.3) is 11.3 Å². The fraction of sp³-hybridized carbons (Fsp3) is 0.154. The summed E-state index contributed by atoms with van der Waals surface area (Å²) in [5.41, 5.74) is 3.21. The van der Waals surface area contributed by atoms with Gasteiger partial charge in [-0.15, -0.1) is 11.7 Å². The van der Waals surface area contributed by atoms with E-state index in [-0.39, 0.29) is 0 Å². The van der Waals surface area contributed by atoms with Crippen molar-refractivity contribution in [1.29, 1.82) is 5.26 Å². The zero-order valence-corrected chi connectivity index (χ0v) is 9.59. The van der Waals surface area contributed by atoms with Crippen LogP contribution >= 0.6 is 0 Å². The molecule has 2 aromatic rings. The molecule has 0 saturated carbocycles. The first kappa shape index (κ1) is 11.1. The number of benzene rings is 1. The summed E-state index contributed by atoms with van der Waals surface area (Å²) >= 11 is 0. The molecule has 4 heteroatoms. The number of allylic oxidation sites excluding steroid dienone is 1. The molecule has 0 saturated heterocycles. The Balaban J connectivity index is 2.56. The summed E-state index contributed by atoms with van der Waals surface area (Å²) in [5, 5.41) is 16.8. The van der Waals surface area contributed by atoms with Crippen molar-refractivity contribution in [3.63, 3.8) is 0 Å². The minimum atomic E-state index is 0.343. The maximum absolute atomic E-state index is 9.02. The van der Waals surface area contributed by atoms with Crippen molar-refractivity contribution in [3.05, 3.63) is 48.2 Å². The van der Waals surface area contributed by atoms with Crippen molar-refractivity contribution in [2.24, 2.45) is 0 Å². The van der Waals surface area contributed by atoms with Crippen LogP contribution in [0.3, 0.4) is 0 Å². The topological polar surface area (TPSA) is 54.5 Å². The smallest absolute Gasteiger partial charge is 0.190 e. The van der Waals surface area contributed by atoms with Gasteiger partial charge < -0.3 is 0 Å². The normalized spacial score (nSPS) is 9.88. The predicted octanol–water partition coefficient (Wildman–Crippen LogP) is 2.31. The Bertz CT molecular complexity index is 572. The van der Waals surface area contributed by atoms with Gasteiger partial charge in [0.25, 0.3) is 0 Å². The molecule has 1 aromatic heterocycles. The molecule has 0 aliphatic heterocycles. The molecule has 1 aromatic carbocycles. The summed E-state index contributed by atoms with van der Waals surface area (Å²) in [6, 6.07) is 10.00. The second-order valence-electron chi connectivity index (χ2n) is 3.74. The van der Waals surface area contributed by atoms with Crippen LogP contribution in [0.15, 0.2) is 36.9 Å². The average molecular weight is 224 g/mol. The number of nitrogens with zero attached hydrogens (tertiary/aromatic N) is 4. The first-order chi connectivity index (χ1) is 8.26. The van der Waals surface area contributed by atoms with Crippen LogP contribution in [-0.2, 0) is 6.54 Å². The Morgan fingerprint density at radius 2 is 2.12 bits per heavy atom. The van der Waals surface area contributed by atoms with Gasteiger partial charge in [0.1, 0.15) is 11.8 Å². The Hall–Kier alpha value is -2.41. The molecule has 84 valence electrons. The zero-order valence-electron chi connectivity index (χ0n) is 9.59. The molecule has 1 heterocycles. The summed E-state index contributed by atoms with van der Waals surface area (Å²) < 4.78 is 1.68. The second-order valence-corrected chi connectivity index (χ2v) is 3.74. The summed E-state index contributed by atoms with van der Waals surface area (Å²) in [7, 11) is 0. The number of aryl methyl sites for hydroxylation is 1. The van der Waals surface area contributed by atoms with E-state index >= 15 is 0 Å². The molecular weight excluding hydrogens is 212 g/mol. The van der Waals surface area contributed by atoms with Crippen molar-refractivity contribution in [2.45, 2.75) is 13.5 Å². The van der Waals surface area contributed by atoms with Gasteiger partial charge in [-0.1, -0.05) is 41.1 Å². The van der Waals surface area contributed by atoms with E-state index in [2.05, 4.69) is 23.0 Å². The fourth-order valence-electron chi connectivity index (χ4n) is 1.64. The Kier molecular flexibility index (Phi) is 3.01. The van der Waals surface area contributed by atoms with E-state index in [0.29, 0.717) is 12.2 Å². The molecule has 0 aliphatic carbocycles. The third-order valence-electron chi connectivity index (χ3n) is 2.47. The third kappa shape index (κ3) is 2.08. The summed E-state index contributed by atoms with van der Waals surface area (Å²) in [4.78, 5) is 0. The van der Waals surface area contributed by atoms with E-state index in [9.17, 15) is 0 Å². The van der Waals surface area contributed by atoms with Crippen molar-refractivity contribution >= 4 is 0 Å². The van der Waals surface area contributed by atoms with E-state index in [1.807, 2.05) is 31.2 Å². The monoisotopic (exact) mass is 224 g/mol. The Labute approximate surface area is 99.8 Å². The molecule has 0 atom stereocenters. The van der Waals surface area contributed by atoms with Crippen molar-refractivity contribution in [3.8, 4) is 17.3 Å². The van der Waals surface area contributed by atoms with Crippen LogP contribution in [0.1, 0.15) is 11.3 Å². The first-order valence-corrected chi connectivity index (χ1v) is 5.27. The molecule has 0 spiro atoms. The van der Waals surface area contributed by atoms with E-state index in [1.54, 1.807) is 10.8 Å². The van der Waals surface area contributed by atoms with E-state index < -0.39 is 0 Å². The van der Waals surface area contributed by atoms with Gasteiger partial charge in [0.2, 0.25) is 0 Å². The molecule has 0 bridgehead atoms. The lowest BCUT2D eigenvalue weighted by Gasteiger charge is -2.04. The quantitative estimate of drug-likeness (QED) is 0.752. The van der Waals surface area contributed by atoms with E-state index in [1.165, 1.54) is 5.56 Å². The van der Waals surface area contributed by atoms with Crippen LogP contribution in [0.4, 0.5) is 0 Å². The fourth-order valence-corrected chi connectivity index (χ4v) is 1.64. The average Bonchev–Trinajstić information content (AvgIpc) is 2.74. The number of hydrogen-bond acceptors (Lipinski definition) is 3. The third-order valence-corrected chi connectivity index (χ3v) is 2.47. The molecule has 0 aliphatic rings. The molecule has 17 heavy (non-hydrogen) atoms. The highest BCUT2D eigenvalue weighted by Gasteiger charge is 2.13. The van der Waals surface area contributed by atoms with Gasteiger partial charge >= 0.3 is 0 Å². The summed E-state index contributed by atoms with van der Waals surface area (Å²) in [6.07, 6.45) is 1.73. The maximum Gasteiger partial charge on any atom is 0.190 e. The number of aromatic nitrogens is 3. The summed E-state index contributed by atoms with van der Waals surface area (Å²) in [5.74, 6) is 0. The van der Waals surface area contributed by atoms with Crippen LogP contribution in [0, 0.1) is 18.3 Å². The van der Waals surface area contributed by atoms with Gasteiger partial charge in [-0.05, 0) is 6.92 Å². The van der Waals surface area contributed by atoms with Gasteiger partial charge in [0.15, 0.2) is 5.69 Å². The highest BCUT2D eigenvalue weighted by atomic mass is 15.4. The largest absolute Gasteiger partial charge is 0.239 e. The van der Waals surface area contributed by atoms with E-state index in [4.69, 9.17) is 5.26 Å². The Morgan fingerprint density at radius 1 is 1.41 bits per heavy atom. The van der Waals surface area contributed by atoms with Gasteiger partial charge in [-0.2, -0.15) is 5.26 Å². The minimum absolute atomic E-state index is 0.343. The zero-order chi connectivity index (χ0) is 12.3. The van der Waals surface area contributed by atoms with Gasteiger partial charge in [0.05, 0.1) is 6.54 Å². The SMILES string of the molecule is C=CCn1nnc(C#N)c1-c1ccc(C)cc1. The Morgan fingerprint density at radius 3 is 2.71 bits per heavy atom. The molecule has 0 fully saturated rings. The molecule has 2 rings (SSSR count). The minimum Gasteiger partial charge on any atom is -0.239 e. The second kappa shape index (κ2) is 4.62. The van der Waals surface area contributed by atoms with Gasteiger partial charge in [0, 0.05) is 5.56 Å². The number of hydrogen-bond donors (Lipinski definition) is 0. The molecular formula is C13H12N4. The number of rotatable bonds is 3. The van der Waals surface area contributed by atoms with Crippen LogP contribution in [-0.4, -0.2) is 15.0 Å². The summed E-state index contributed by atoms with van der Waals surface area (Å²) in [6.45, 7) is 6.23. The highest BCUT2D eigenvalue weighted by Crippen LogP contribution is 2.22. The molecule has 0 amide bonds. The standard InChI is InChI=1S/C13H12N4/c1-3-8-17-13(12(9-14)15-16-17)11-6-4-10(2)5-7-11/h3-7H,1,8H2,2H3. The predicted molar refractivity (Wildman–Crippen MR) is 65.1 cm³/mol. The maximum atomic E-state index is 9.02. The lowest BCUT2D eigenvalue weighted by molar-refractivity contribution is 0.668. The van der Waals surface area contributed by atoms with Gasteiger partial charge in [-0.3, -0.25) is 0 Å². The van der Waals surface area contributed by atoms with Crippen molar-refractivity contribution < 1.29 is 0 Å². The van der Waals surface area contributed by atoms with Gasteiger partial charge in [-0.25, -0.2) is 4.68 Å². The lowest BCUT2D eigenvalue weighted by atomic mass is 10.1. The molecule has 0 N–H and O–H groups in total. The lowest BCUT2D eigenvalue weighted by Crippen LogP contribution is -2.00. The number of nitriles is 1. The van der Waals surface area contributed by atoms with E-state index in [0.717, 1.165) is 11.3 Å². The van der Waals surface area contributed by atoms with Crippen molar-refractivity contribution in [1.82, 2.24) is 15.0 Å².